The zero-order chi connectivity index (χ0) is 11.5. The number of rotatable bonds is 8. The Morgan fingerprint density at radius 1 is 1.53 bits per heavy atom. The number of hydrogen-bond acceptors (Lipinski definition) is 3. The quantitative estimate of drug-likeness (QED) is 0.219. The van der Waals surface area contributed by atoms with Gasteiger partial charge >= 0.3 is 0 Å². The number of amides is 1. The Kier molecular flexibility index (Phi) is 8.09. The van der Waals surface area contributed by atoms with Crippen molar-refractivity contribution in [1.82, 2.24) is 5.32 Å². The van der Waals surface area contributed by atoms with Crippen LogP contribution in [0.25, 0.3) is 0 Å². The smallest absolute Gasteiger partial charge is 0.211 e. The van der Waals surface area contributed by atoms with Crippen LogP contribution in [-0.4, -0.2) is 19.8 Å². The highest BCUT2D eigenvalue weighted by Gasteiger charge is 2.03. The molecule has 0 spiro atoms. The van der Waals surface area contributed by atoms with Gasteiger partial charge in [0.2, 0.25) is 6.41 Å². The Morgan fingerprint density at radius 3 is 2.73 bits per heavy atom. The van der Waals surface area contributed by atoms with Crippen molar-refractivity contribution in [3.63, 3.8) is 0 Å². The van der Waals surface area contributed by atoms with Gasteiger partial charge < -0.3 is 14.8 Å². The number of ether oxygens (including phenoxy) is 2. The second-order valence-electron chi connectivity index (χ2n) is 2.49. The van der Waals surface area contributed by atoms with Gasteiger partial charge in [0.25, 0.3) is 0 Å². The molecular formula is C11H17NO3. The number of nitrogens with one attached hydrogen (secondary N) is 1. The molecule has 0 fully saturated rings. The first-order valence-electron chi connectivity index (χ1n) is 4.70. The fourth-order valence-electron chi connectivity index (χ4n) is 0.888. The van der Waals surface area contributed by atoms with Gasteiger partial charge in [0.15, 0.2) is 6.79 Å². The van der Waals surface area contributed by atoms with E-state index in [4.69, 9.17) is 9.47 Å². The van der Waals surface area contributed by atoms with Crippen molar-refractivity contribution >= 4 is 6.41 Å². The monoisotopic (exact) mass is 211 g/mol. The molecule has 0 heterocycles. The van der Waals surface area contributed by atoms with Crippen LogP contribution >= 0.6 is 0 Å². The summed E-state index contributed by atoms with van der Waals surface area (Å²) in [6.45, 7) is 7.98. The van der Waals surface area contributed by atoms with E-state index in [1.165, 1.54) is 0 Å². The third-order valence-electron chi connectivity index (χ3n) is 1.53. The molecule has 0 aromatic carbocycles. The molecule has 0 unspecified atom stereocenters. The molecule has 1 N–H and O–H groups in total. The third-order valence-corrected chi connectivity index (χ3v) is 1.53. The lowest BCUT2D eigenvalue weighted by molar-refractivity contribution is -0.109. The molecule has 84 valence electrons. The van der Waals surface area contributed by atoms with Crippen LogP contribution in [0.15, 0.2) is 36.3 Å². The zero-order valence-corrected chi connectivity index (χ0v) is 9.16. The van der Waals surface area contributed by atoms with Crippen molar-refractivity contribution in [3.05, 3.63) is 36.3 Å². The Bertz CT molecular complexity index is 257. The number of carbonyl (C=O) groups excluding carboxylic acids is 1. The maximum Gasteiger partial charge on any atom is 0.211 e. The van der Waals surface area contributed by atoms with Gasteiger partial charge in [-0.25, -0.2) is 0 Å². The van der Waals surface area contributed by atoms with Crippen molar-refractivity contribution in [3.8, 4) is 0 Å². The van der Waals surface area contributed by atoms with Crippen LogP contribution in [0.5, 0.6) is 0 Å². The fraction of sp³-hybridized carbons (Fsp3) is 0.364. The summed E-state index contributed by atoms with van der Waals surface area (Å²) in [4.78, 5) is 10.3. The van der Waals surface area contributed by atoms with Crippen molar-refractivity contribution in [2.45, 2.75) is 13.8 Å². The van der Waals surface area contributed by atoms with Crippen LogP contribution in [-0.2, 0) is 14.3 Å². The largest absolute Gasteiger partial charge is 0.466 e. The molecule has 0 aliphatic rings. The molecule has 0 rings (SSSR count). The van der Waals surface area contributed by atoms with Crippen molar-refractivity contribution in [2.75, 3.05) is 13.4 Å². The van der Waals surface area contributed by atoms with E-state index in [0.717, 1.165) is 0 Å². The molecule has 1 amide bonds. The number of carbonyl (C=O) groups is 1. The molecule has 0 bridgehead atoms. The summed E-state index contributed by atoms with van der Waals surface area (Å²) in [7, 11) is 0. The lowest BCUT2D eigenvalue weighted by atomic mass is 10.3. The minimum absolute atomic E-state index is 0.158. The minimum atomic E-state index is 0.158. The molecule has 0 aromatic rings. The Hall–Kier alpha value is -1.55. The van der Waals surface area contributed by atoms with Gasteiger partial charge in [0, 0.05) is 6.61 Å². The van der Waals surface area contributed by atoms with Gasteiger partial charge in [-0.2, -0.15) is 0 Å². The van der Waals surface area contributed by atoms with Gasteiger partial charge in [-0.1, -0.05) is 12.7 Å². The van der Waals surface area contributed by atoms with Crippen LogP contribution in [0.3, 0.4) is 0 Å². The summed E-state index contributed by atoms with van der Waals surface area (Å²) in [5, 5.41) is 2.52. The standard InChI is InChI=1S/C11H17NO3/c1-4-7-10(12-8-13)11(5-2)15-9-14-6-3/h4-5,7-8H,1,6,9H2,2-3H3,(H,12,13)/b10-7+,11-5+. The molecule has 0 radical (unpaired) electrons. The first-order chi connectivity index (χ1) is 7.29. The van der Waals surface area contributed by atoms with E-state index < -0.39 is 0 Å². The molecule has 0 saturated heterocycles. The first kappa shape index (κ1) is 13.4. The molecule has 4 nitrogen and oxygen atoms in total. The normalized spacial score (nSPS) is 12.1. The molecule has 0 aromatic heterocycles. The molecule has 0 atom stereocenters. The summed E-state index contributed by atoms with van der Waals surface area (Å²) in [6, 6.07) is 0. The molecule has 4 heteroatoms. The zero-order valence-electron chi connectivity index (χ0n) is 9.16. The maximum atomic E-state index is 10.3. The maximum absolute atomic E-state index is 10.3. The predicted molar refractivity (Wildman–Crippen MR) is 58.8 cm³/mol. The summed E-state index contributed by atoms with van der Waals surface area (Å²) in [6.07, 6.45) is 5.54. The van der Waals surface area contributed by atoms with Crippen LogP contribution in [0.4, 0.5) is 0 Å². The third kappa shape index (κ3) is 5.70. The highest BCUT2D eigenvalue weighted by Crippen LogP contribution is 2.08. The van der Waals surface area contributed by atoms with Crippen LogP contribution < -0.4 is 5.32 Å². The summed E-state index contributed by atoms with van der Waals surface area (Å²) < 4.78 is 10.3. The predicted octanol–water partition coefficient (Wildman–Crippen LogP) is 1.72. The SMILES string of the molecule is C=C/C=C(NC=O)\C(=C/C)OCOCC. The highest BCUT2D eigenvalue weighted by atomic mass is 16.7. The van der Waals surface area contributed by atoms with Gasteiger partial charge in [0.1, 0.15) is 5.76 Å². The van der Waals surface area contributed by atoms with E-state index in [1.807, 2.05) is 13.8 Å². The second kappa shape index (κ2) is 9.02. The number of allylic oxidation sites excluding steroid dienone is 3. The number of hydrogen-bond donors (Lipinski definition) is 1. The van der Waals surface area contributed by atoms with E-state index >= 15 is 0 Å². The van der Waals surface area contributed by atoms with E-state index in [1.54, 1.807) is 18.2 Å². The van der Waals surface area contributed by atoms with E-state index in [9.17, 15) is 4.79 Å². The lowest BCUT2D eigenvalue weighted by Crippen LogP contribution is -2.14. The Balaban J connectivity index is 4.40. The molecule has 0 aliphatic heterocycles. The van der Waals surface area contributed by atoms with Gasteiger partial charge in [-0.15, -0.1) is 0 Å². The Labute approximate surface area is 90.3 Å². The van der Waals surface area contributed by atoms with Crippen molar-refractivity contribution < 1.29 is 14.3 Å². The van der Waals surface area contributed by atoms with Crippen molar-refractivity contribution in [1.29, 1.82) is 0 Å². The highest BCUT2D eigenvalue weighted by molar-refractivity contribution is 5.53. The first-order valence-corrected chi connectivity index (χ1v) is 4.70. The summed E-state index contributed by atoms with van der Waals surface area (Å²) >= 11 is 0. The average molecular weight is 211 g/mol. The van der Waals surface area contributed by atoms with E-state index in [2.05, 4.69) is 11.9 Å². The van der Waals surface area contributed by atoms with Gasteiger partial charge in [0.05, 0.1) is 5.70 Å². The van der Waals surface area contributed by atoms with Gasteiger partial charge in [-0.3, -0.25) is 4.79 Å². The molecule has 0 saturated carbocycles. The van der Waals surface area contributed by atoms with E-state index in [0.29, 0.717) is 24.5 Å². The lowest BCUT2D eigenvalue weighted by Gasteiger charge is -2.12. The molecular weight excluding hydrogens is 194 g/mol. The van der Waals surface area contributed by atoms with Crippen LogP contribution in [0.1, 0.15) is 13.8 Å². The van der Waals surface area contributed by atoms with Crippen LogP contribution in [0.2, 0.25) is 0 Å². The summed E-state index contributed by atoms with van der Waals surface area (Å²) in [5.74, 6) is 0.551. The van der Waals surface area contributed by atoms with E-state index in [-0.39, 0.29) is 6.79 Å². The molecule has 15 heavy (non-hydrogen) atoms. The summed E-state index contributed by atoms with van der Waals surface area (Å²) in [5.41, 5.74) is 0.558. The average Bonchev–Trinajstić information content (AvgIpc) is 2.24. The van der Waals surface area contributed by atoms with Gasteiger partial charge in [-0.05, 0) is 26.0 Å². The topological polar surface area (TPSA) is 47.6 Å². The second-order valence-corrected chi connectivity index (χ2v) is 2.49. The fourth-order valence-corrected chi connectivity index (χ4v) is 0.888. The van der Waals surface area contributed by atoms with Crippen LogP contribution in [0, 0.1) is 0 Å². The van der Waals surface area contributed by atoms with Crippen molar-refractivity contribution in [2.24, 2.45) is 0 Å². The Morgan fingerprint density at radius 2 is 2.27 bits per heavy atom. The molecule has 0 aliphatic carbocycles. The minimum Gasteiger partial charge on any atom is -0.466 e.